The van der Waals surface area contributed by atoms with Crippen molar-refractivity contribution in [1.29, 1.82) is 0 Å². The second kappa shape index (κ2) is 15.2. The van der Waals surface area contributed by atoms with Gasteiger partial charge in [-0.2, -0.15) is 4.31 Å². The van der Waals surface area contributed by atoms with Gasteiger partial charge in [-0.05, 0) is 74.6 Å². The van der Waals surface area contributed by atoms with Gasteiger partial charge in [0.1, 0.15) is 16.5 Å². The molecule has 2 amide bonds. The van der Waals surface area contributed by atoms with Crippen LogP contribution in [0.15, 0.2) is 52.0 Å². The molecule has 1 fully saturated rings. The molecular formula is C32H41F2N5O6S. The van der Waals surface area contributed by atoms with E-state index in [2.05, 4.69) is 15.8 Å². The fourth-order valence-corrected chi connectivity index (χ4v) is 7.26. The number of amides is 2. The first-order valence-electron chi connectivity index (χ1n) is 15.3. The van der Waals surface area contributed by atoms with E-state index in [9.17, 15) is 31.9 Å². The molecule has 2 aromatic carbocycles. The van der Waals surface area contributed by atoms with Crippen LogP contribution in [0.25, 0.3) is 0 Å². The van der Waals surface area contributed by atoms with Gasteiger partial charge in [0.25, 0.3) is 11.8 Å². The van der Waals surface area contributed by atoms with E-state index in [1.165, 1.54) is 17.3 Å². The molecule has 1 aromatic heterocycles. The summed E-state index contributed by atoms with van der Waals surface area (Å²) in [6.45, 7) is 8.47. The maximum atomic E-state index is 14.1. The summed E-state index contributed by atoms with van der Waals surface area (Å²) < 4.78 is 61.0. The lowest BCUT2D eigenvalue weighted by Crippen LogP contribution is -2.62. The molecule has 46 heavy (non-hydrogen) atoms. The first kappa shape index (κ1) is 35.1. The number of carbonyl (C=O) groups excluding carboxylic acids is 2. The largest absolute Gasteiger partial charge is 0.389 e. The number of carbonyl (C=O) groups is 2. The zero-order valence-electron chi connectivity index (χ0n) is 26.4. The van der Waals surface area contributed by atoms with Crippen molar-refractivity contribution in [2.24, 2.45) is 0 Å². The van der Waals surface area contributed by atoms with Crippen LogP contribution in [0.3, 0.4) is 0 Å². The third kappa shape index (κ3) is 8.35. The SMILES string of the molecule is CCCN(CCC)C(=O)c1cc(C)cc(C(=O)N[C@@H](Cc2cc(F)cc(F)c2)[C@H](O)[C@H]2CN(S(=O)(=O)c3cnoc3C)CCN2)c1. The van der Waals surface area contributed by atoms with E-state index in [-0.39, 0.29) is 53.7 Å². The summed E-state index contributed by atoms with van der Waals surface area (Å²) in [7, 11) is -4.01. The maximum absolute atomic E-state index is 14.1. The topological polar surface area (TPSA) is 145 Å². The Balaban J connectivity index is 1.62. The molecule has 14 heteroatoms. The Bertz CT molecular complexity index is 1620. The van der Waals surface area contributed by atoms with Crippen molar-refractivity contribution >= 4 is 21.8 Å². The lowest BCUT2D eigenvalue weighted by atomic mass is 9.94. The Morgan fingerprint density at radius 3 is 2.35 bits per heavy atom. The maximum Gasteiger partial charge on any atom is 0.253 e. The van der Waals surface area contributed by atoms with Crippen molar-refractivity contribution in [2.45, 2.75) is 70.0 Å². The monoisotopic (exact) mass is 661 g/mol. The number of aromatic nitrogens is 1. The molecule has 3 aromatic rings. The van der Waals surface area contributed by atoms with Crippen LogP contribution in [0, 0.1) is 25.5 Å². The average Bonchev–Trinajstić information content (AvgIpc) is 3.45. The van der Waals surface area contributed by atoms with E-state index in [0.717, 1.165) is 37.2 Å². The highest BCUT2D eigenvalue weighted by Crippen LogP contribution is 2.23. The summed E-state index contributed by atoms with van der Waals surface area (Å²) in [4.78, 5) is 28.7. The molecule has 1 saturated heterocycles. The summed E-state index contributed by atoms with van der Waals surface area (Å²) >= 11 is 0. The molecule has 250 valence electrons. The fourth-order valence-electron chi connectivity index (χ4n) is 5.72. The highest BCUT2D eigenvalue weighted by atomic mass is 32.2. The highest BCUT2D eigenvalue weighted by molar-refractivity contribution is 7.89. The number of benzene rings is 2. The molecule has 3 atom stereocenters. The van der Waals surface area contributed by atoms with Crippen LogP contribution < -0.4 is 10.6 Å². The standard InChI is InChI=1S/C32H41F2N5O6S/c1-5-8-38(9-6-2)32(42)24-12-20(3)11-23(16-24)31(41)37-27(15-22-13-25(33)17-26(34)14-22)30(40)28-19-39(10-7-35-28)46(43,44)29-18-36-45-21(29)4/h11-14,16-18,27-28,30,35,40H,5-10,15,19H2,1-4H3,(H,37,41)/t27-,28+,30-/m0/s1. The molecule has 3 N–H and O–H groups in total. The van der Waals surface area contributed by atoms with Gasteiger partial charge < -0.3 is 25.2 Å². The van der Waals surface area contributed by atoms with Gasteiger partial charge in [0, 0.05) is 56.0 Å². The summed E-state index contributed by atoms with van der Waals surface area (Å²) in [6.07, 6.45) is 1.10. The number of rotatable bonds is 13. The minimum absolute atomic E-state index is 0.0935. The Labute approximate surface area is 268 Å². The third-order valence-corrected chi connectivity index (χ3v) is 9.83. The Hall–Kier alpha value is -3.72. The average molecular weight is 662 g/mol. The lowest BCUT2D eigenvalue weighted by molar-refractivity contribution is 0.0600. The molecule has 4 rings (SSSR count). The van der Waals surface area contributed by atoms with Gasteiger partial charge >= 0.3 is 0 Å². The number of sulfonamides is 1. The van der Waals surface area contributed by atoms with Gasteiger partial charge in [-0.25, -0.2) is 17.2 Å². The molecule has 2 heterocycles. The number of halogens is 2. The van der Waals surface area contributed by atoms with Gasteiger partial charge in [-0.15, -0.1) is 0 Å². The molecule has 0 saturated carbocycles. The van der Waals surface area contributed by atoms with Crippen molar-refractivity contribution in [1.82, 2.24) is 25.0 Å². The van der Waals surface area contributed by atoms with Crippen LogP contribution in [0.2, 0.25) is 0 Å². The van der Waals surface area contributed by atoms with Crippen molar-refractivity contribution < 1.29 is 36.4 Å². The Morgan fingerprint density at radius 2 is 1.74 bits per heavy atom. The number of aliphatic hydroxyl groups excluding tert-OH is 1. The van der Waals surface area contributed by atoms with Crippen LogP contribution in [0.4, 0.5) is 8.78 Å². The van der Waals surface area contributed by atoms with E-state index in [4.69, 9.17) is 4.52 Å². The normalized spacial score (nSPS) is 17.0. The number of hydrogen-bond acceptors (Lipinski definition) is 8. The first-order chi connectivity index (χ1) is 21.8. The predicted molar refractivity (Wildman–Crippen MR) is 167 cm³/mol. The van der Waals surface area contributed by atoms with Crippen LogP contribution in [-0.2, 0) is 16.4 Å². The van der Waals surface area contributed by atoms with Gasteiger partial charge in [-0.3, -0.25) is 9.59 Å². The molecule has 0 aliphatic carbocycles. The molecule has 1 aliphatic rings. The minimum Gasteiger partial charge on any atom is -0.389 e. The second-order valence-corrected chi connectivity index (χ2v) is 13.5. The van der Waals surface area contributed by atoms with Crippen molar-refractivity contribution in [3.63, 3.8) is 0 Å². The molecular weight excluding hydrogens is 620 g/mol. The van der Waals surface area contributed by atoms with Crippen molar-refractivity contribution in [3.05, 3.63) is 82.2 Å². The molecule has 0 spiro atoms. The fraction of sp³-hybridized carbons (Fsp3) is 0.469. The van der Waals surface area contributed by atoms with Crippen molar-refractivity contribution in [2.75, 3.05) is 32.7 Å². The summed E-state index contributed by atoms with van der Waals surface area (Å²) in [5, 5.41) is 21.1. The number of nitrogens with one attached hydrogen (secondary N) is 2. The van der Waals surface area contributed by atoms with E-state index < -0.39 is 45.8 Å². The van der Waals surface area contributed by atoms with E-state index in [0.29, 0.717) is 24.2 Å². The summed E-state index contributed by atoms with van der Waals surface area (Å²) in [6, 6.07) is 5.76. The number of nitrogens with zero attached hydrogens (tertiary/aromatic N) is 3. The van der Waals surface area contributed by atoms with Crippen LogP contribution >= 0.6 is 0 Å². The van der Waals surface area contributed by atoms with Gasteiger partial charge in [-0.1, -0.05) is 19.0 Å². The van der Waals surface area contributed by atoms with Crippen LogP contribution in [0.1, 0.15) is 64.3 Å². The highest BCUT2D eigenvalue weighted by Gasteiger charge is 2.38. The van der Waals surface area contributed by atoms with Gasteiger partial charge in [0.2, 0.25) is 10.0 Å². The zero-order chi connectivity index (χ0) is 33.6. The third-order valence-electron chi connectivity index (χ3n) is 7.87. The number of piperazine rings is 1. The van der Waals surface area contributed by atoms with Crippen molar-refractivity contribution in [3.8, 4) is 0 Å². The van der Waals surface area contributed by atoms with Crippen LogP contribution in [0.5, 0.6) is 0 Å². The quantitative estimate of drug-likeness (QED) is 0.253. The Kier molecular flexibility index (Phi) is 11.6. The molecule has 0 bridgehead atoms. The summed E-state index contributed by atoms with van der Waals surface area (Å²) in [5.41, 5.74) is 1.36. The molecule has 0 unspecified atom stereocenters. The molecule has 0 radical (unpaired) electrons. The van der Waals surface area contributed by atoms with Crippen LogP contribution in [-0.4, -0.2) is 90.6 Å². The van der Waals surface area contributed by atoms with E-state index in [1.54, 1.807) is 24.0 Å². The van der Waals surface area contributed by atoms with Gasteiger partial charge in [0.05, 0.1) is 18.3 Å². The number of hydrogen-bond donors (Lipinski definition) is 3. The van der Waals surface area contributed by atoms with E-state index >= 15 is 0 Å². The minimum atomic E-state index is -4.01. The Morgan fingerprint density at radius 1 is 1.09 bits per heavy atom. The number of aliphatic hydroxyl groups is 1. The van der Waals surface area contributed by atoms with E-state index in [1.807, 2.05) is 13.8 Å². The second-order valence-electron chi connectivity index (χ2n) is 11.6. The molecule has 11 nitrogen and oxygen atoms in total. The first-order valence-corrected chi connectivity index (χ1v) is 16.8. The lowest BCUT2D eigenvalue weighted by Gasteiger charge is -2.38. The summed E-state index contributed by atoms with van der Waals surface area (Å²) in [5.74, 6) is -2.34. The predicted octanol–water partition coefficient (Wildman–Crippen LogP) is 3.20. The van der Waals surface area contributed by atoms with Gasteiger partial charge in [0.15, 0.2) is 5.76 Å². The zero-order valence-corrected chi connectivity index (χ0v) is 27.2. The number of aryl methyl sites for hydroxylation is 2. The molecule has 1 aliphatic heterocycles. The smallest absolute Gasteiger partial charge is 0.253 e.